The first-order valence-corrected chi connectivity index (χ1v) is 72.1. The smallest absolute Gasteiger partial charge is 0.254 e. The maximum Gasteiger partial charge on any atom is 0.254 e. The lowest BCUT2D eigenvalue weighted by atomic mass is 9.98. The van der Waals surface area contributed by atoms with Crippen LogP contribution in [0.25, 0.3) is 0 Å². The fourth-order valence-corrected chi connectivity index (χ4v) is 112. The molecule has 450 valence electrons. The molecular weight excluding hydrogens is 1140 g/mol. The van der Waals surface area contributed by atoms with Crippen LogP contribution in [-0.2, 0) is 4.12 Å². The number of hydrogen-bond donors (Lipinski definition) is 0. The molecule has 0 N–H and O–H groups in total. The Hall–Kier alpha value is 2.24. The van der Waals surface area contributed by atoms with Crippen molar-refractivity contribution in [3.8, 4) is 0 Å². The summed E-state index contributed by atoms with van der Waals surface area (Å²) in [4.78, 5) is 0. The molecule has 0 radical (unpaired) electrons. The molecule has 21 heteroatoms. The summed E-state index contributed by atoms with van der Waals surface area (Å²) in [5, 5.41) is 0. The van der Waals surface area contributed by atoms with Gasteiger partial charge >= 0.3 is 0 Å². The van der Waals surface area contributed by atoms with Gasteiger partial charge in [0.25, 0.3) is 8.48 Å². The summed E-state index contributed by atoms with van der Waals surface area (Å²) in [6.45, 7) is 63.9. The van der Waals surface area contributed by atoms with Crippen LogP contribution < -0.4 is 0 Å². The molecule has 0 aromatic rings. The third kappa shape index (κ3) is 29.6. The van der Waals surface area contributed by atoms with Gasteiger partial charge in [-0.15, -0.1) is 24.6 Å². The van der Waals surface area contributed by atoms with E-state index in [2.05, 4.69) is 288 Å². The van der Waals surface area contributed by atoms with Crippen molar-refractivity contribution in [2.24, 2.45) is 5.41 Å². The zero-order valence-corrected chi connectivity index (χ0v) is 72.9. The molecule has 75 heavy (non-hydrogen) atoms. The van der Waals surface area contributed by atoms with Crippen LogP contribution in [0.5, 0.6) is 0 Å². The predicted octanol–water partition coefficient (Wildman–Crippen LogP) is 14.9. The van der Waals surface area contributed by atoms with Gasteiger partial charge in [-0.3, -0.25) is 0 Å². The highest BCUT2D eigenvalue weighted by atomic mass is 28.5. The van der Waals surface area contributed by atoms with E-state index < -0.39 is 107 Å². The molecule has 7 nitrogen and oxygen atoms in total. The molecular formula is C54H142N6OSi14. The van der Waals surface area contributed by atoms with Crippen LogP contribution in [0, 0.1) is 5.41 Å². The molecule has 0 spiro atoms. The maximum absolute atomic E-state index is 5.90. The first-order valence-electron chi connectivity index (χ1n) is 30.0. The van der Waals surface area contributed by atoms with E-state index in [1.165, 1.54) is 29.1 Å². The Kier molecular flexibility index (Phi) is 32.1. The summed E-state index contributed by atoms with van der Waals surface area (Å²) >= 11 is 0. The van der Waals surface area contributed by atoms with Crippen molar-refractivity contribution in [3.05, 3.63) is 24.6 Å². The molecule has 6 aliphatic rings. The second-order valence-corrected chi connectivity index (χ2v) is 102. The number of hydrogen-bond acceptors (Lipinski definition) is 7. The predicted molar refractivity (Wildman–Crippen MR) is 392 cm³/mol. The van der Waals surface area contributed by atoms with E-state index in [1.54, 1.807) is 52.5 Å². The zero-order valence-electron chi connectivity index (χ0n) is 58.3. The quantitative estimate of drug-likeness (QED) is 0.180. The topological polar surface area (TPSA) is 28.7 Å². The average Bonchev–Trinajstić information content (AvgIpc) is 3.10. The maximum atomic E-state index is 5.90. The highest BCUT2D eigenvalue weighted by Gasteiger charge is 2.51. The number of nitrogens with zero attached hydrogens (tertiary/aromatic N) is 6. The van der Waals surface area contributed by atoms with E-state index in [1.807, 2.05) is 0 Å². The minimum absolute atomic E-state index is 0.524. The Bertz CT molecular complexity index is 1520. The van der Waals surface area contributed by atoms with Crippen molar-refractivity contribution in [2.75, 3.05) is 84.6 Å². The van der Waals surface area contributed by atoms with Crippen molar-refractivity contribution in [1.82, 2.24) is 27.4 Å². The molecule has 6 aliphatic heterocycles. The Labute approximate surface area is 491 Å². The summed E-state index contributed by atoms with van der Waals surface area (Å²) in [5.74, 6) is 0. The second-order valence-electron chi connectivity index (χ2n) is 34.1. The van der Waals surface area contributed by atoms with Crippen LogP contribution in [0.3, 0.4) is 0 Å². The summed E-state index contributed by atoms with van der Waals surface area (Å²) in [5.41, 5.74) is 19.5. The Morgan fingerprint density at radius 2 is 0.760 bits per heavy atom. The standard InChI is InChI=1S/C10H29N3Si2.C8H19NSi.C8H16Si2.C7H19NSi2.C6H19NOSi2.2C6H16Si2.C3H8Si/c1-11(2)14(7,8)10-15(9,12(3)4)13(5)6;1-8(2)6-10(5,7-8)9(3)4;1-5-9(3)7-10(4,6-2)8-9;1-8(2)10(5)6-9(3,4)7-10;1-7(2)10(5,6)8-9(3)4;2*1-7(2)5-8(3,4)6-7;1-2-4-3-1/h10H2,1-9H3;6-7H2,1-5H3;5-6H,1-2,7-8H2,3-4H3;6-7H2,1-5H3;9H,1-6H3;2*5-6H2,1-4H3;1-4H2. The van der Waals surface area contributed by atoms with Crippen molar-refractivity contribution >= 4 is 117 Å². The molecule has 0 atom stereocenters. The van der Waals surface area contributed by atoms with Gasteiger partial charge in [-0.1, -0.05) is 171 Å². The fraction of sp³-hybridized carbons (Fsp3) is 0.926. The number of rotatable bonds is 12. The molecule has 6 rings (SSSR count). The first-order chi connectivity index (χ1) is 33.0. The van der Waals surface area contributed by atoms with Crippen molar-refractivity contribution < 1.29 is 4.12 Å². The lowest BCUT2D eigenvalue weighted by Gasteiger charge is -2.53. The van der Waals surface area contributed by atoms with Gasteiger partial charge in [-0.2, -0.15) is 0 Å². The van der Waals surface area contributed by atoms with E-state index in [4.69, 9.17) is 4.12 Å². The lowest BCUT2D eigenvalue weighted by molar-refractivity contribution is 0.360. The van der Waals surface area contributed by atoms with Gasteiger partial charge in [0.2, 0.25) is 8.40 Å². The van der Waals surface area contributed by atoms with E-state index in [9.17, 15) is 0 Å². The molecule has 0 saturated carbocycles. The third-order valence-electron chi connectivity index (χ3n) is 18.5. The van der Waals surface area contributed by atoms with Gasteiger partial charge in [0.1, 0.15) is 24.7 Å². The molecule has 0 aliphatic carbocycles. The molecule has 0 aromatic heterocycles. The minimum Gasteiger partial charge on any atom is -0.447 e. The summed E-state index contributed by atoms with van der Waals surface area (Å²) < 4.78 is 20.5. The van der Waals surface area contributed by atoms with Crippen LogP contribution in [0.4, 0.5) is 0 Å². The normalized spacial score (nSPS) is 26.3. The van der Waals surface area contributed by atoms with Crippen LogP contribution in [0.15, 0.2) is 24.6 Å². The Balaban J connectivity index is 0. The summed E-state index contributed by atoms with van der Waals surface area (Å²) in [6, 6.07) is 6.24. The van der Waals surface area contributed by atoms with E-state index >= 15 is 0 Å². The van der Waals surface area contributed by atoms with Gasteiger partial charge in [0.15, 0.2) is 9.04 Å². The van der Waals surface area contributed by atoms with Gasteiger partial charge in [-0.05, 0) is 152 Å². The average molecular weight is 1280 g/mol. The Morgan fingerprint density at radius 3 is 0.867 bits per heavy atom. The third-order valence-corrected chi connectivity index (χ3v) is 106. The summed E-state index contributed by atoms with van der Waals surface area (Å²) in [6.07, 6.45) is 1.56. The van der Waals surface area contributed by atoms with Gasteiger partial charge < -0.3 is 31.5 Å². The van der Waals surface area contributed by atoms with E-state index in [0.29, 0.717) is 14.9 Å². The Morgan fingerprint density at radius 1 is 0.480 bits per heavy atom. The molecule has 0 unspecified atom stereocenters. The molecule has 0 aromatic carbocycles. The molecule has 0 bridgehead atoms. The van der Waals surface area contributed by atoms with Crippen LogP contribution in [0.1, 0.15) is 20.3 Å². The molecule has 6 heterocycles. The van der Waals surface area contributed by atoms with Gasteiger partial charge in [-0.25, -0.2) is 0 Å². The van der Waals surface area contributed by atoms with Crippen molar-refractivity contribution in [2.45, 2.75) is 233 Å². The second kappa shape index (κ2) is 30.4. The first kappa shape index (κ1) is 79.3. The van der Waals surface area contributed by atoms with Gasteiger partial charge in [0, 0.05) is 49.9 Å². The molecule has 0 amide bonds. The van der Waals surface area contributed by atoms with Crippen LogP contribution in [-0.4, -0.2) is 229 Å². The zero-order chi connectivity index (χ0) is 60.3. The SMILES string of the molecule is C1C[SiH2]C1.C=C[Si]1(C)C[Si](C)(C=C)C1.CN(C)[Si](C)(C)C[Si](C)(N(C)C)N(C)C.CN(C)[Si](C)(C)O[SiH](C)C.CN(C)[Si]1(C)CC(C)(C)C1.CN(C)[Si]1(C)C[Si](C)(C)C1.C[Si]1(C)C[Si](C)(C)C1.C[Si]1(C)C[Si](C)(C)C1. The fourth-order valence-electron chi connectivity index (χ4n) is 14.4. The van der Waals surface area contributed by atoms with E-state index in [0.717, 1.165) is 0 Å². The van der Waals surface area contributed by atoms with Crippen molar-refractivity contribution in [1.29, 1.82) is 0 Å². The summed E-state index contributed by atoms with van der Waals surface area (Å²) in [7, 11) is 16.1. The van der Waals surface area contributed by atoms with Gasteiger partial charge in [0.05, 0.1) is 16.1 Å². The largest absolute Gasteiger partial charge is 0.447 e. The lowest BCUT2D eigenvalue weighted by Crippen LogP contribution is -2.65. The minimum atomic E-state index is -1.45. The van der Waals surface area contributed by atoms with Crippen LogP contribution in [0.2, 0.25) is 213 Å². The van der Waals surface area contributed by atoms with E-state index in [-0.39, 0.29) is 0 Å². The van der Waals surface area contributed by atoms with Crippen molar-refractivity contribution in [3.63, 3.8) is 0 Å². The monoisotopic (exact) mass is 1280 g/mol. The molecule has 6 saturated heterocycles. The highest BCUT2D eigenvalue weighted by Crippen LogP contribution is 2.49. The highest BCUT2D eigenvalue weighted by molar-refractivity contribution is 7.16. The molecule has 6 fully saturated rings. The van der Waals surface area contributed by atoms with Crippen LogP contribution >= 0.6 is 0 Å².